The van der Waals surface area contributed by atoms with Gasteiger partial charge >= 0.3 is 0 Å². The molecular formula is C15H11NOS2. The molecule has 0 atom stereocenters. The number of carbonyl (C=O) groups excluding carboxylic acids is 1. The van der Waals surface area contributed by atoms with Crippen LogP contribution in [-0.2, 0) is 5.75 Å². The Kier molecular flexibility index (Phi) is 3.62. The van der Waals surface area contributed by atoms with E-state index in [1.165, 1.54) is 4.70 Å². The molecule has 2 nitrogen and oxygen atoms in total. The van der Waals surface area contributed by atoms with Crippen LogP contribution < -0.4 is 0 Å². The van der Waals surface area contributed by atoms with Crippen molar-refractivity contribution in [2.75, 3.05) is 0 Å². The van der Waals surface area contributed by atoms with E-state index in [-0.39, 0.29) is 0 Å². The number of thiazole rings is 1. The number of fused-ring (bicyclic) bond motifs is 1. The highest BCUT2D eigenvalue weighted by Crippen LogP contribution is 2.28. The molecule has 0 unspecified atom stereocenters. The van der Waals surface area contributed by atoms with Gasteiger partial charge in [0, 0.05) is 10.5 Å². The maximum Gasteiger partial charge on any atom is 0.150 e. The van der Waals surface area contributed by atoms with Gasteiger partial charge < -0.3 is 0 Å². The number of benzene rings is 2. The van der Waals surface area contributed by atoms with Crippen molar-refractivity contribution in [3.8, 4) is 0 Å². The van der Waals surface area contributed by atoms with Gasteiger partial charge in [-0.25, -0.2) is 4.98 Å². The minimum absolute atomic E-state index is 0.717. The van der Waals surface area contributed by atoms with E-state index in [4.69, 9.17) is 0 Å². The van der Waals surface area contributed by atoms with Crippen molar-refractivity contribution in [1.82, 2.24) is 4.98 Å². The fourth-order valence-corrected chi connectivity index (χ4v) is 3.73. The van der Waals surface area contributed by atoms with Gasteiger partial charge in [-0.2, -0.15) is 0 Å². The zero-order valence-corrected chi connectivity index (χ0v) is 11.7. The molecular weight excluding hydrogens is 274 g/mol. The summed E-state index contributed by atoms with van der Waals surface area (Å²) in [6.45, 7) is 0. The van der Waals surface area contributed by atoms with E-state index >= 15 is 0 Å². The van der Waals surface area contributed by atoms with Gasteiger partial charge in [0.05, 0.1) is 16.0 Å². The van der Waals surface area contributed by atoms with Crippen LogP contribution in [0.15, 0.2) is 53.4 Å². The Balaban J connectivity index is 1.76. The molecule has 0 saturated heterocycles. The molecule has 0 amide bonds. The van der Waals surface area contributed by atoms with E-state index in [1.807, 2.05) is 42.5 Å². The highest BCUT2D eigenvalue weighted by atomic mass is 32.2. The van der Waals surface area contributed by atoms with Crippen LogP contribution in [0, 0.1) is 0 Å². The summed E-state index contributed by atoms with van der Waals surface area (Å²) < 4.78 is 1.22. The third kappa shape index (κ3) is 2.85. The lowest BCUT2D eigenvalue weighted by Gasteiger charge is -1.99. The summed E-state index contributed by atoms with van der Waals surface area (Å²) in [5.41, 5.74) is 1.78. The first-order valence-corrected chi connectivity index (χ1v) is 7.68. The molecule has 0 radical (unpaired) electrons. The topological polar surface area (TPSA) is 30.0 Å². The van der Waals surface area contributed by atoms with E-state index in [0.717, 1.165) is 27.5 Å². The Morgan fingerprint density at radius 1 is 1.16 bits per heavy atom. The third-order valence-corrected chi connectivity index (χ3v) is 4.92. The molecule has 1 aromatic heterocycles. The van der Waals surface area contributed by atoms with Gasteiger partial charge in [0.2, 0.25) is 0 Å². The van der Waals surface area contributed by atoms with Gasteiger partial charge in [-0.3, -0.25) is 4.79 Å². The standard InChI is InChI=1S/C15H11NOS2/c17-9-11-4-3-5-12(8-11)18-10-15-16-13-6-1-2-7-14(13)19-15/h1-9H,10H2. The first kappa shape index (κ1) is 12.4. The van der Waals surface area contributed by atoms with E-state index in [2.05, 4.69) is 11.1 Å². The van der Waals surface area contributed by atoms with Crippen molar-refractivity contribution in [3.05, 3.63) is 59.1 Å². The van der Waals surface area contributed by atoms with Crippen LogP contribution >= 0.6 is 23.1 Å². The summed E-state index contributed by atoms with van der Waals surface area (Å²) >= 11 is 3.43. The summed E-state index contributed by atoms with van der Waals surface area (Å²) in [6.07, 6.45) is 0.877. The van der Waals surface area contributed by atoms with E-state index < -0.39 is 0 Å². The molecule has 0 aliphatic carbocycles. The maximum atomic E-state index is 10.7. The van der Waals surface area contributed by atoms with Gasteiger partial charge in [0.1, 0.15) is 11.3 Å². The number of hydrogen-bond donors (Lipinski definition) is 0. The van der Waals surface area contributed by atoms with Crippen LogP contribution in [0.3, 0.4) is 0 Å². The van der Waals surface area contributed by atoms with E-state index in [1.54, 1.807) is 23.1 Å². The highest BCUT2D eigenvalue weighted by molar-refractivity contribution is 7.98. The molecule has 0 saturated carbocycles. The number of carbonyl (C=O) groups is 1. The normalized spacial score (nSPS) is 10.7. The number of rotatable bonds is 4. The van der Waals surface area contributed by atoms with E-state index in [0.29, 0.717) is 5.56 Å². The molecule has 2 aromatic carbocycles. The van der Waals surface area contributed by atoms with Gasteiger partial charge in [0.15, 0.2) is 0 Å². The predicted octanol–water partition coefficient (Wildman–Crippen LogP) is 4.40. The molecule has 0 fully saturated rings. The van der Waals surface area contributed by atoms with Crippen molar-refractivity contribution < 1.29 is 4.79 Å². The minimum Gasteiger partial charge on any atom is -0.298 e. The highest BCUT2D eigenvalue weighted by Gasteiger charge is 2.04. The Labute approximate surface area is 119 Å². The average Bonchev–Trinajstić information content (AvgIpc) is 2.88. The molecule has 4 heteroatoms. The summed E-state index contributed by atoms with van der Waals surface area (Å²) in [7, 11) is 0. The fourth-order valence-electron chi connectivity index (χ4n) is 1.80. The summed E-state index contributed by atoms with van der Waals surface area (Å²) in [5, 5.41) is 1.11. The van der Waals surface area contributed by atoms with Gasteiger partial charge in [-0.05, 0) is 24.3 Å². The summed E-state index contributed by atoms with van der Waals surface area (Å²) in [5.74, 6) is 0.835. The predicted molar refractivity (Wildman–Crippen MR) is 81.0 cm³/mol. The fraction of sp³-hybridized carbons (Fsp3) is 0.0667. The Morgan fingerprint density at radius 2 is 2.05 bits per heavy atom. The second-order valence-corrected chi connectivity index (χ2v) is 6.22. The van der Waals surface area contributed by atoms with Crippen LogP contribution in [0.25, 0.3) is 10.2 Å². The number of aldehydes is 1. The van der Waals surface area contributed by atoms with Crippen molar-refractivity contribution in [2.24, 2.45) is 0 Å². The number of hydrogen-bond acceptors (Lipinski definition) is 4. The second-order valence-electron chi connectivity index (χ2n) is 4.05. The first-order valence-electron chi connectivity index (χ1n) is 5.87. The monoisotopic (exact) mass is 285 g/mol. The SMILES string of the molecule is O=Cc1cccc(SCc2nc3ccccc3s2)c1. The smallest absolute Gasteiger partial charge is 0.150 e. The molecule has 0 aliphatic rings. The van der Waals surface area contributed by atoms with Crippen LogP contribution in [0.1, 0.15) is 15.4 Å². The van der Waals surface area contributed by atoms with Crippen LogP contribution in [-0.4, -0.2) is 11.3 Å². The lowest BCUT2D eigenvalue weighted by atomic mass is 10.2. The second kappa shape index (κ2) is 5.55. The zero-order chi connectivity index (χ0) is 13.1. The maximum absolute atomic E-state index is 10.7. The van der Waals surface area contributed by atoms with Crippen molar-refractivity contribution in [2.45, 2.75) is 10.6 Å². The Hall–Kier alpha value is -1.65. The largest absolute Gasteiger partial charge is 0.298 e. The molecule has 0 N–H and O–H groups in total. The summed E-state index contributed by atoms with van der Waals surface area (Å²) in [6, 6.07) is 15.8. The average molecular weight is 285 g/mol. The third-order valence-electron chi connectivity index (χ3n) is 2.69. The Bertz CT molecular complexity index is 688. The number of aromatic nitrogens is 1. The van der Waals surface area contributed by atoms with Gasteiger partial charge in [-0.1, -0.05) is 24.3 Å². The molecule has 3 rings (SSSR count). The van der Waals surface area contributed by atoms with E-state index in [9.17, 15) is 4.79 Å². The van der Waals surface area contributed by atoms with Crippen molar-refractivity contribution >= 4 is 39.6 Å². The number of thioether (sulfide) groups is 1. The first-order chi connectivity index (χ1) is 9.35. The summed E-state index contributed by atoms with van der Waals surface area (Å²) in [4.78, 5) is 16.4. The number of nitrogens with zero attached hydrogens (tertiary/aromatic N) is 1. The Morgan fingerprint density at radius 3 is 2.89 bits per heavy atom. The molecule has 3 aromatic rings. The molecule has 0 bridgehead atoms. The quantitative estimate of drug-likeness (QED) is 0.525. The zero-order valence-electron chi connectivity index (χ0n) is 10.1. The molecule has 94 valence electrons. The van der Waals surface area contributed by atoms with Crippen molar-refractivity contribution in [1.29, 1.82) is 0 Å². The van der Waals surface area contributed by atoms with Crippen LogP contribution in [0.5, 0.6) is 0 Å². The molecule has 0 spiro atoms. The van der Waals surface area contributed by atoms with Crippen molar-refractivity contribution in [3.63, 3.8) is 0 Å². The van der Waals surface area contributed by atoms with Gasteiger partial charge in [0.25, 0.3) is 0 Å². The molecule has 1 heterocycles. The molecule has 19 heavy (non-hydrogen) atoms. The molecule has 0 aliphatic heterocycles. The van der Waals surface area contributed by atoms with Gasteiger partial charge in [-0.15, -0.1) is 23.1 Å². The lowest BCUT2D eigenvalue weighted by Crippen LogP contribution is -1.81. The minimum atomic E-state index is 0.717. The number of para-hydroxylation sites is 1. The lowest BCUT2D eigenvalue weighted by molar-refractivity contribution is 0.112. The van der Waals surface area contributed by atoms with Crippen LogP contribution in [0.4, 0.5) is 0 Å². The van der Waals surface area contributed by atoms with Crippen LogP contribution in [0.2, 0.25) is 0 Å².